The number of allylic oxidation sites excluding steroid dienone is 7. The van der Waals surface area contributed by atoms with Gasteiger partial charge < -0.3 is 46.7 Å². The minimum Gasteiger partial charge on any atom is -0.496 e. The van der Waals surface area contributed by atoms with Crippen LogP contribution in [0.4, 0.5) is 8.63 Å². The van der Waals surface area contributed by atoms with Crippen LogP contribution in [0.15, 0.2) is 133 Å². The minimum absolute atomic E-state index is 0.00751. The molecule has 0 saturated carbocycles. The first-order valence-electron chi connectivity index (χ1n) is 21.4. The highest BCUT2D eigenvalue weighted by atomic mass is 19.2. The summed E-state index contributed by atoms with van der Waals surface area (Å²) in [5, 5.41) is 0. The van der Waals surface area contributed by atoms with Gasteiger partial charge in [0.1, 0.15) is 17.2 Å². The van der Waals surface area contributed by atoms with Crippen LogP contribution in [0.2, 0.25) is 5.82 Å². The zero-order chi connectivity index (χ0) is 42.9. The van der Waals surface area contributed by atoms with Crippen molar-refractivity contribution in [3.63, 3.8) is 0 Å². The highest BCUT2D eigenvalue weighted by molar-refractivity contribution is 6.64. The summed E-state index contributed by atoms with van der Waals surface area (Å²) < 4.78 is 62.1. The second kappa shape index (κ2) is 19.8. The number of benzene rings is 3. The number of nitrogens with zero attached hydrogens (tertiary/aromatic N) is 2. The monoisotopic (exact) mass is 843 g/mol. The highest BCUT2D eigenvalue weighted by Gasteiger charge is 2.58. The predicted octanol–water partition coefficient (Wildman–Crippen LogP) is 9.05. The molecular formula is C49H52BF2N3O7. The van der Waals surface area contributed by atoms with Crippen LogP contribution in [-0.2, 0) is 25.6 Å². The molecule has 1 amide bonds. The van der Waals surface area contributed by atoms with E-state index in [9.17, 15) is 9.59 Å². The van der Waals surface area contributed by atoms with Gasteiger partial charge in [0.15, 0.2) is 17.2 Å². The van der Waals surface area contributed by atoms with Gasteiger partial charge in [0, 0.05) is 86.4 Å². The molecule has 4 aliphatic rings. The van der Waals surface area contributed by atoms with Gasteiger partial charge in [-0.1, -0.05) is 72.3 Å². The topological polar surface area (TPSA) is 102 Å². The van der Waals surface area contributed by atoms with Crippen LogP contribution < -0.4 is 14.2 Å². The number of aromatic nitrogens is 1. The zero-order valence-electron chi connectivity index (χ0n) is 35.0. The number of H-pyrrole nitrogens is 1. The van der Waals surface area contributed by atoms with Gasteiger partial charge >= 0.3 is 6.84 Å². The molecule has 0 fully saturated rings. The van der Waals surface area contributed by atoms with Gasteiger partial charge in [0.05, 0.1) is 33.4 Å². The van der Waals surface area contributed by atoms with E-state index in [2.05, 4.69) is 11.1 Å². The highest BCUT2D eigenvalue weighted by Crippen LogP contribution is 2.51. The molecule has 4 heterocycles. The van der Waals surface area contributed by atoms with Crippen LogP contribution in [0.25, 0.3) is 5.57 Å². The lowest BCUT2D eigenvalue weighted by molar-refractivity contribution is -0.361. The van der Waals surface area contributed by atoms with Crippen molar-refractivity contribution < 1.29 is 46.4 Å². The van der Waals surface area contributed by atoms with E-state index in [1.165, 1.54) is 0 Å². The Labute approximate surface area is 361 Å². The summed E-state index contributed by atoms with van der Waals surface area (Å²) >= 11 is 0. The largest absolute Gasteiger partial charge is 0.625 e. The first-order chi connectivity index (χ1) is 30.3. The summed E-state index contributed by atoms with van der Waals surface area (Å²) in [5.41, 5.74) is 5.93. The number of ketones is 1. The number of fused-ring (bicyclic) bond motifs is 3. The van der Waals surface area contributed by atoms with E-state index in [0.29, 0.717) is 91.9 Å². The lowest BCUT2D eigenvalue weighted by atomic mass is 9.56. The number of carbonyl (C=O) groups is 2. The van der Waals surface area contributed by atoms with Crippen LogP contribution in [-0.4, -0.2) is 85.5 Å². The summed E-state index contributed by atoms with van der Waals surface area (Å²) in [7, 11) is 1.67. The predicted molar refractivity (Wildman–Crippen MR) is 235 cm³/mol. The standard InChI is InChI=1S/C49H52BF2N3O7/c1-58-45-14-6-5-12-42(45)41(36-16-22-46-47(32-36)62-34-61-46)23-26-54(33-35-9-3-2-4-10-35)48(57)24-28-60-30-29-59-27-8-11-40(56)20-19-38-17-18-39-31-37-15-21-43(44-13-7-25-53-44)49(37)50(51,52)55(38)39/h2-7,9-10,12-18,21-22,25,31-32,41,49,53H,8,11,19-20,23-24,26-30,33-34H2,1H3. The number of rotatable bonds is 22. The number of para-hydroxylation sites is 1. The van der Waals surface area contributed by atoms with Crippen molar-refractivity contribution in [1.29, 1.82) is 0 Å². The van der Waals surface area contributed by atoms with E-state index >= 15 is 8.63 Å². The summed E-state index contributed by atoms with van der Waals surface area (Å²) in [6, 6.07) is 27.5. The quantitative estimate of drug-likeness (QED) is 0.0623. The Hall–Kier alpha value is -6.05. The number of carbonyl (C=O) groups excluding carboxylic acids is 2. The van der Waals surface area contributed by atoms with Crippen LogP contribution in [0.5, 0.6) is 17.2 Å². The first kappa shape index (κ1) is 42.6. The molecule has 0 spiro atoms. The molecule has 1 aliphatic carbocycles. The third-order valence-electron chi connectivity index (χ3n) is 12.0. The van der Waals surface area contributed by atoms with Gasteiger partial charge in [-0.05, 0) is 59.9 Å². The Kier molecular flexibility index (Phi) is 13.6. The van der Waals surface area contributed by atoms with Gasteiger partial charge in [-0.25, -0.2) is 0 Å². The molecular weight excluding hydrogens is 791 g/mol. The molecule has 2 atom stereocenters. The number of aromatic amines is 1. The Morgan fingerprint density at radius 1 is 0.887 bits per heavy atom. The summed E-state index contributed by atoms with van der Waals surface area (Å²) in [6.45, 7) is -1.59. The van der Waals surface area contributed by atoms with Crippen molar-refractivity contribution >= 4 is 29.8 Å². The number of halogens is 2. The molecule has 2 unspecified atom stereocenters. The summed E-state index contributed by atoms with van der Waals surface area (Å²) in [5.74, 6) is 1.08. The Balaban J connectivity index is 0.772. The maximum Gasteiger partial charge on any atom is 0.625 e. The van der Waals surface area contributed by atoms with Crippen LogP contribution in [0, 0.1) is 0 Å². The molecule has 4 aromatic rings. The molecule has 10 nitrogen and oxygen atoms in total. The van der Waals surface area contributed by atoms with Crippen molar-refractivity contribution in [2.75, 3.05) is 46.9 Å². The molecule has 3 aliphatic heterocycles. The van der Waals surface area contributed by atoms with Crippen molar-refractivity contribution in [2.45, 2.75) is 56.8 Å². The van der Waals surface area contributed by atoms with E-state index in [1.807, 2.05) is 89.8 Å². The average molecular weight is 844 g/mol. The molecule has 0 saturated heterocycles. The molecule has 0 bridgehead atoms. The molecule has 13 heteroatoms. The van der Waals surface area contributed by atoms with Crippen molar-refractivity contribution in [3.05, 3.63) is 155 Å². The third kappa shape index (κ3) is 9.69. The maximum absolute atomic E-state index is 16.2. The molecule has 1 aromatic heterocycles. The number of methoxy groups -OCH3 is 1. The Morgan fingerprint density at radius 3 is 2.52 bits per heavy atom. The maximum atomic E-state index is 16.2. The lowest BCUT2D eigenvalue weighted by Gasteiger charge is -2.34. The Morgan fingerprint density at radius 2 is 1.69 bits per heavy atom. The molecule has 3 aromatic carbocycles. The number of ether oxygens (including phenoxy) is 5. The lowest BCUT2D eigenvalue weighted by Crippen LogP contribution is -2.47. The van der Waals surface area contributed by atoms with E-state index < -0.39 is 12.7 Å². The zero-order valence-corrected chi connectivity index (χ0v) is 35.0. The van der Waals surface area contributed by atoms with Crippen molar-refractivity contribution in [3.8, 4) is 17.2 Å². The van der Waals surface area contributed by atoms with E-state index in [4.69, 9.17) is 23.7 Å². The van der Waals surface area contributed by atoms with Crippen LogP contribution in [0.3, 0.4) is 0 Å². The Bertz CT molecular complexity index is 2390. The SMILES string of the molecule is COc1ccccc1C(CCN(Cc1ccccc1)C(=O)CCOCCOCCCC(=O)CCC1=[N+]2C(=CC3=CC=C(c4ccc[nH]4)C3[B-]2(F)F)C=C1)c1ccc2c(c1)OCO2. The second-order valence-corrected chi connectivity index (χ2v) is 15.9. The van der Waals surface area contributed by atoms with Gasteiger partial charge in [-0.3, -0.25) is 9.59 Å². The third-order valence-corrected chi connectivity index (χ3v) is 12.0. The number of amides is 1. The minimum atomic E-state index is -3.99. The molecule has 322 valence electrons. The average Bonchev–Trinajstić information content (AvgIpc) is 4.13. The molecule has 8 rings (SSSR count). The van der Waals surface area contributed by atoms with Gasteiger partial charge in [-0.15, -0.1) is 0 Å². The molecule has 62 heavy (non-hydrogen) atoms. The number of Topliss-reactive ketones (excluding diaryl/α,β-unsaturated/α-hetero) is 1. The fraction of sp³-hybridized carbons (Fsp3) is 0.327. The normalized spacial score (nSPS) is 17.3. The number of hydrogen-bond acceptors (Lipinski definition) is 7. The smallest absolute Gasteiger partial charge is 0.496 e. The van der Waals surface area contributed by atoms with Gasteiger partial charge in [-0.2, -0.15) is 0 Å². The summed E-state index contributed by atoms with van der Waals surface area (Å²) in [4.78, 5) is 31.5. The van der Waals surface area contributed by atoms with E-state index in [-0.39, 0.29) is 50.3 Å². The first-order valence-corrected chi connectivity index (χ1v) is 21.4. The fourth-order valence-electron chi connectivity index (χ4n) is 8.86. The number of nitrogens with one attached hydrogen (secondary N) is 1. The van der Waals surface area contributed by atoms with E-state index in [1.54, 1.807) is 37.6 Å². The van der Waals surface area contributed by atoms with Crippen LogP contribution >= 0.6 is 0 Å². The van der Waals surface area contributed by atoms with E-state index in [0.717, 1.165) is 26.9 Å². The summed E-state index contributed by atoms with van der Waals surface area (Å²) in [6.07, 6.45) is 12.7. The fourth-order valence-corrected chi connectivity index (χ4v) is 8.86. The van der Waals surface area contributed by atoms with Crippen molar-refractivity contribution in [1.82, 2.24) is 9.88 Å². The molecule has 1 N–H and O–H groups in total. The number of hydrogen-bond donors (Lipinski definition) is 1. The molecule has 0 radical (unpaired) electrons. The second-order valence-electron chi connectivity index (χ2n) is 15.9. The van der Waals surface area contributed by atoms with Gasteiger partial charge in [0.25, 0.3) is 0 Å². The van der Waals surface area contributed by atoms with Gasteiger partial charge in [0.2, 0.25) is 12.7 Å². The van der Waals surface area contributed by atoms with Crippen LogP contribution in [0.1, 0.15) is 66.8 Å². The van der Waals surface area contributed by atoms with Crippen molar-refractivity contribution in [2.24, 2.45) is 0 Å².